The summed E-state index contributed by atoms with van der Waals surface area (Å²) >= 11 is 0. The van der Waals surface area contributed by atoms with Gasteiger partial charge in [0.1, 0.15) is 0 Å². The fraction of sp³-hybridized carbons (Fsp3) is 0.462. The Hall–Kier alpha value is -1.95. The Bertz CT molecular complexity index is 454. The summed E-state index contributed by atoms with van der Waals surface area (Å²) in [5, 5.41) is 2.71. The summed E-state index contributed by atoms with van der Waals surface area (Å²) in [6.45, 7) is 7.70. The smallest absolute Gasteiger partial charge is 0.243 e. The third-order valence-electron chi connectivity index (χ3n) is 3.12. The van der Waals surface area contributed by atoms with Crippen LogP contribution in [-0.2, 0) is 11.3 Å². The molecule has 6 nitrogen and oxygen atoms in total. The van der Waals surface area contributed by atoms with E-state index in [9.17, 15) is 4.79 Å². The lowest BCUT2D eigenvalue weighted by Gasteiger charge is -2.32. The second-order valence-corrected chi connectivity index (χ2v) is 4.56. The van der Waals surface area contributed by atoms with Crippen molar-refractivity contribution >= 4 is 11.9 Å². The van der Waals surface area contributed by atoms with E-state index in [1.54, 1.807) is 6.20 Å². The monoisotopic (exact) mass is 261 g/mol. The normalized spacial score (nSPS) is 16.2. The zero-order valence-electron chi connectivity index (χ0n) is 11.2. The highest BCUT2D eigenvalue weighted by atomic mass is 16.1. The van der Waals surface area contributed by atoms with Crippen molar-refractivity contribution in [2.24, 2.45) is 0 Å². The van der Waals surface area contributed by atoms with E-state index < -0.39 is 0 Å². The maximum atomic E-state index is 11.1. The average molecular weight is 261 g/mol. The molecule has 2 heterocycles. The first kappa shape index (κ1) is 13.5. The quantitative estimate of drug-likeness (QED) is 0.775. The predicted molar refractivity (Wildman–Crippen MR) is 73.8 cm³/mol. The van der Waals surface area contributed by atoms with Crippen LogP contribution in [0.4, 0.5) is 5.95 Å². The summed E-state index contributed by atoms with van der Waals surface area (Å²) in [4.78, 5) is 24.3. The molecule has 1 saturated heterocycles. The number of nitrogens with one attached hydrogen (secondary N) is 1. The number of anilines is 1. The number of likely N-dealkylation sites (N-methyl/N-ethyl adjacent to an activating group) is 1. The second-order valence-electron chi connectivity index (χ2n) is 4.56. The molecular formula is C13H19N5O. The van der Waals surface area contributed by atoms with E-state index in [2.05, 4.69) is 38.7 Å². The van der Waals surface area contributed by atoms with Crippen LogP contribution in [0.3, 0.4) is 0 Å². The third kappa shape index (κ3) is 3.75. The van der Waals surface area contributed by atoms with Crippen molar-refractivity contribution < 1.29 is 4.79 Å². The van der Waals surface area contributed by atoms with Gasteiger partial charge in [0, 0.05) is 32.4 Å². The first-order chi connectivity index (χ1) is 9.19. The predicted octanol–water partition coefficient (Wildman–Crippen LogP) is 0.0306. The Morgan fingerprint density at radius 1 is 1.47 bits per heavy atom. The molecule has 0 bridgehead atoms. The van der Waals surface area contributed by atoms with Gasteiger partial charge in [0.25, 0.3) is 0 Å². The molecule has 0 atom stereocenters. The van der Waals surface area contributed by atoms with Crippen LogP contribution in [0.2, 0.25) is 0 Å². The van der Waals surface area contributed by atoms with Gasteiger partial charge in [-0.2, -0.15) is 0 Å². The van der Waals surface area contributed by atoms with Gasteiger partial charge in [-0.15, -0.1) is 0 Å². The average Bonchev–Trinajstić information content (AvgIpc) is 2.46. The van der Waals surface area contributed by atoms with E-state index in [-0.39, 0.29) is 5.91 Å². The molecule has 1 fully saturated rings. The van der Waals surface area contributed by atoms with Crippen molar-refractivity contribution in [3.05, 3.63) is 30.6 Å². The molecule has 1 aromatic heterocycles. The third-order valence-corrected chi connectivity index (χ3v) is 3.12. The number of nitrogens with zero attached hydrogens (tertiary/aromatic N) is 4. The lowest BCUT2D eigenvalue weighted by molar-refractivity contribution is -0.116. The van der Waals surface area contributed by atoms with Gasteiger partial charge < -0.3 is 15.1 Å². The highest BCUT2D eigenvalue weighted by Crippen LogP contribution is 2.10. The number of carbonyl (C=O) groups excluding carboxylic acids is 1. The molecule has 6 heteroatoms. The summed E-state index contributed by atoms with van der Waals surface area (Å²) in [5.41, 5.74) is 0.805. The number of rotatable bonds is 4. The minimum Gasteiger partial charge on any atom is -0.347 e. The molecule has 1 aliphatic rings. The number of amides is 1. The summed E-state index contributed by atoms with van der Waals surface area (Å²) in [5.74, 6) is 0.540. The minimum atomic E-state index is -0.195. The molecule has 0 saturated carbocycles. The zero-order chi connectivity index (χ0) is 13.7. The Balaban J connectivity index is 1.98. The standard InChI is InChI=1S/C13H19N5O/c1-3-12(19)15-10-11-4-5-14-13(16-11)18-8-6-17(2)7-9-18/h3-5H,1,6-10H2,2H3,(H,15,19). The Morgan fingerprint density at radius 3 is 2.89 bits per heavy atom. The first-order valence-corrected chi connectivity index (χ1v) is 6.34. The molecule has 1 amide bonds. The lowest BCUT2D eigenvalue weighted by atomic mass is 10.3. The maximum absolute atomic E-state index is 11.1. The Morgan fingerprint density at radius 2 is 2.21 bits per heavy atom. The van der Waals surface area contributed by atoms with Crippen LogP contribution in [0.15, 0.2) is 24.9 Å². The zero-order valence-corrected chi connectivity index (χ0v) is 11.2. The van der Waals surface area contributed by atoms with Crippen molar-refractivity contribution in [2.45, 2.75) is 6.54 Å². The van der Waals surface area contributed by atoms with E-state index in [1.807, 2.05) is 6.07 Å². The van der Waals surface area contributed by atoms with Crippen LogP contribution < -0.4 is 10.2 Å². The van der Waals surface area contributed by atoms with Crippen molar-refractivity contribution in [1.82, 2.24) is 20.2 Å². The van der Waals surface area contributed by atoms with E-state index in [0.29, 0.717) is 6.54 Å². The van der Waals surface area contributed by atoms with Gasteiger partial charge in [0.2, 0.25) is 11.9 Å². The van der Waals surface area contributed by atoms with Gasteiger partial charge in [0.15, 0.2) is 0 Å². The SMILES string of the molecule is C=CC(=O)NCc1ccnc(N2CCN(C)CC2)n1. The van der Waals surface area contributed by atoms with Crippen LogP contribution >= 0.6 is 0 Å². The van der Waals surface area contributed by atoms with Gasteiger partial charge in [-0.3, -0.25) is 4.79 Å². The number of aromatic nitrogens is 2. The fourth-order valence-corrected chi connectivity index (χ4v) is 1.89. The number of hydrogen-bond donors (Lipinski definition) is 1. The fourth-order valence-electron chi connectivity index (χ4n) is 1.89. The van der Waals surface area contributed by atoms with Crippen LogP contribution in [0.5, 0.6) is 0 Å². The van der Waals surface area contributed by atoms with Crippen molar-refractivity contribution in [3.8, 4) is 0 Å². The van der Waals surface area contributed by atoms with Gasteiger partial charge in [-0.1, -0.05) is 6.58 Å². The molecule has 2 rings (SSSR count). The van der Waals surface area contributed by atoms with Crippen LogP contribution in [0.1, 0.15) is 5.69 Å². The molecule has 19 heavy (non-hydrogen) atoms. The maximum Gasteiger partial charge on any atom is 0.243 e. The molecule has 1 aliphatic heterocycles. The minimum absolute atomic E-state index is 0.195. The summed E-state index contributed by atoms with van der Waals surface area (Å²) in [7, 11) is 2.11. The molecule has 102 valence electrons. The molecular weight excluding hydrogens is 242 g/mol. The second kappa shape index (κ2) is 6.29. The van der Waals surface area contributed by atoms with Gasteiger partial charge in [-0.25, -0.2) is 9.97 Å². The Labute approximate surface area is 113 Å². The number of hydrogen-bond acceptors (Lipinski definition) is 5. The summed E-state index contributed by atoms with van der Waals surface area (Å²) in [6, 6.07) is 1.81. The van der Waals surface area contributed by atoms with Gasteiger partial charge in [0.05, 0.1) is 12.2 Å². The van der Waals surface area contributed by atoms with Gasteiger partial charge >= 0.3 is 0 Å². The molecule has 0 radical (unpaired) electrons. The summed E-state index contributed by atoms with van der Waals surface area (Å²) < 4.78 is 0. The molecule has 1 N–H and O–H groups in total. The molecule has 0 aromatic carbocycles. The van der Waals surface area contributed by atoms with Crippen LogP contribution in [-0.4, -0.2) is 54.0 Å². The van der Waals surface area contributed by atoms with E-state index >= 15 is 0 Å². The van der Waals surface area contributed by atoms with E-state index in [1.165, 1.54) is 6.08 Å². The Kier molecular flexibility index (Phi) is 4.46. The highest BCUT2D eigenvalue weighted by molar-refractivity contribution is 5.86. The number of piperazine rings is 1. The van der Waals surface area contributed by atoms with Gasteiger partial charge in [-0.05, 0) is 19.2 Å². The molecule has 0 unspecified atom stereocenters. The lowest BCUT2D eigenvalue weighted by Crippen LogP contribution is -2.45. The number of carbonyl (C=O) groups is 1. The van der Waals surface area contributed by atoms with Crippen molar-refractivity contribution in [2.75, 3.05) is 38.1 Å². The largest absolute Gasteiger partial charge is 0.347 e. The topological polar surface area (TPSA) is 61.4 Å². The van der Waals surface area contributed by atoms with E-state index in [4.69, 9.17) is 0 Å². The van der Waals surface area contributed by atoms with Crippen molar-refractivity contribution in [3.63, 3.8) is 0 Å². The first-order valence-electron chi connectivity index (χ1n) is 6.34. The van der Waals surface area contributed by atoms with Crippen LogP contribution in [0.25, 0.3) is 0 Å². The van der Waals surface area contributed by atoms with Crippen molar-refractivity contribution in [1.29, 1.82) is 0 Å². The van der Waals surface area contributed by atoms with Crippen LogP contribution in [0, 0.1) is 0 Å². The highest BCUT2D eigenvalue weighted by Gasteiger charge is 2.16. The summed E-state index contributed by atoms with van der Waals surface area (Å²) in [6.07, 6.45) is 2.98. The molecule has 1 aromatic rings. The molecule has 0 spiro atoms. The molecule has 0 aliphatic carbocycles. The van der Waals surface area contributed by atoms with E-state index in [0.717, 1.165) is 37.8 Å².